The summed E-state index contributed by atoms with van der Waals surface area (Å²) in [6, 6.07) is 7.11. The molecule has 1 aromatic carbocycles. The van der Waals surface area contributed by atoms with Gasteiger partial charge in [-0.1, -0.05) is 34.8 Å². The summed E-state index contributed by atoms with van der Waals surface area (Å²) in [6.45, 7) is 0. The van der Waals surface area contributed by atoms with Crippen molar-refractivity contribution in [2.24, 2.45) is 0 Å². The minimum absolute atomic E-state index is 0.433. The van der Waals surface area contributed by atoms with Crippen LogP contribution in [0.4, 0.5) is 17.3 Å². The molecule has 0 aliphatic heterocycles. The minimum Gasteiger partial charge on any atom is -0.372 e. The zero-order valence-electron chi connectivity index (χ0n) is 9.77. The molecule has 0 radical (unpaired) electrons. The second kappa shape index (κ2) is 6.18. The molecule has 0 aliphatic carbocycles. The van der Waals surface area contributed by atoms with Gasteiger partial charge in [-0.15, -0.1) is 0 Å². The highest BCUT2D eigenvalue weighted by Gasteiger charge is 2.09. The lowest BCUT2D eigenvalue weighted by Crippen LogP contribution is -1.99. The summed E-state index contributed by atoms with van der Waals surface area (Å²) in [5.74, 6) is 1.06. The van der Waals surface area contributed by atoms with E-state index in [2.05, 4.69) is 31.5 Å². The van der Waals surface area contributed by atoms with Gasteiger partial charge in [0.2, 0.25) is 0 Å². The molecule has 0 saturated heterocycles. The molecule has 0 spiro atoms. The summed E-state index contributed by atoms with van der Waals surface area (Å²) < 4.78 is 0.825. The molecule has 2 N–H and O–H groups in total. The number of anilines is 3. The average Bonchev–Trinajstić information content (AvgIpc) is 2.37. The maximum absolute atomic E-state index is 6.10. The molecule has 1 aromatic heterocycles. The molecule has 0 fully saturated rings. The van der Waals surface area contributed by atoms with Gasteiger partial charge >= 0.3 is 0 Å². The maximum Gasteiger partial charge on any atom is 0.151 e. The molecule has 100 valence electrons. The summed E-state index contributed by atoms with van der Waals surface area (Å²) >= 11 is 21.4. The van der Waals surface area contributed by atoms with Crippen LogP contribution in [0.1, 0.15) is 0 Å². The first-order valence-electron chi connectivity index (χ1n) is 5.27. The lowest BCUT2D eigenvalue weighted by Gasteiger charge is -2.11. The second-order valence-corrected chi connectivity index (χ2v) is 5.73. The molecule has 0 bridgehead atoms. The Morgan fingerprint density at radius 1 is 1.00 bits per heavy atom. The molecule has 0 unspecified atom stereocenters. The summed E-state index contributed by atoms with van der Waals surface area (Å²) in [5.41, 5.74) is 0.784. The van der Waals surface area contributed by atoms with E-state index in [1.807, 2.05) is 12.1 Å². The van der Waals surface area contributed by atoms with Crippen molar-refractivity contribution < 1.29 is 0 Å². The van der Waals surface area contributed by atoms with Crippen LogP contribution in [0.15, 0.2) is 28.7 Å². The quantitative estimate of drug-likeness (QED) is 0.728. The highest BCUT2D eigenvalue weighted by atomic mass is 79.9. The smallest absolute Gasteiger partial charge is 0.151 e. The standard InChI is InChI=1S/C12H9BrCl3N3/c1-17-11-9(15)5-10(16)12(19-11)18-6-2-3-7(13)8(14)4-6/h2-5H,1H3,(H2,17,18,19). The number of hydrogen-bond donors (Lipinski definition) is 2. The van der Waals surface area contributed by atoms with Gasteiger partial charge in [0.05, 0.1) is 15.1 Å². The predicted octanol–water partition coefficient (Wildman–Crippen LogP) is 5.59. The summed E-state index contributed by atoms with van der Waals surface area (Å²) in [4.78, 5) is 4.30. The van der Waals surface area contributed by atoms with Crippen molar-refractivity contribution in [3.8, 4) is 0 Å². The fourth-order valence-electron chi connectivity index (χ4n) is 1.44. The van der Waals surface area contributed by atoms with Crippen molar-refractivity contribution in [3.05, 3.63) is 43.8 Å². The first-order chi connectivity index (χ1) is 9.01. The Morgan fingerprint density at radius 3 is 2.32 bits per heavy atom. The van der Waals surface area contributed by atoms with Crippen molar-refractivity contribution in [1.29, 1.82) is 0 Å². The van der Waals surface area contributed by atoms with E-state index in [0.717, 1.165) is 10.2 Å². The summed E-state index contributed by atoms with van der Waals surface area (Å²) in [5, 5.41) is 7.49. The molecular formula is C12H9BrCl3N3. The predicted molar refractivity (Wildman–Crippen MR) is 86.2 cm³/mol. The first kappa shape index (κ1) is 14.7. The Morgan fingerprint density at radius 2 is 1.68 bits per heavy atom. The number of pyridine rings is 1. The monoisotopic (exact) mass is 379 g/mol. The summed E-state index contributed by atoms with van der Waals surface area (Å²) in [7, 11) is 1.74. The Bertz CT molecular complexity index is 619. The van der Waals surface area contributed by atoms with Crippen LogP contribution in [-0.2, 0) is 0 Å². The van der Waals surface area contributed by atoms with Crippen molar-refractivity contribution >= 4 is 68.1 Å². The Balaban J connectivity index is 2.34. The molecule has 0 aliphatic rings. The van der Waals surface area contributed by atoms with E-state index in [0.29, 0.717) is 26.7 Å². The van der Waals surface area contributed by atoms with Crippen LogP contribution in [0.2, 0.25) is 15.1 Å². The molecule has 3 nitrogen and oxygen atoms in total. The lowest BCUT2D eigenvalue weighted by molar-refractivity contribution is 1.27. The van der Waals surface area contributed by atoms with Crippen LogP contribution in [-0.4, -0.2) is 12.0 Å². The van der Waals surface area contributed by atoms with Gasteiger partial charge in [-0.25, -0.2) is 4.98 Å². The molecule has 2 aromatic rings. The van der Waals surface area contributed by atoms with Gasteiger partial charge in [0.1, 0.15) is 5.82 Å². The lowest BCUT2D eigenvalue weighted by atomic mass is 10.3. The maximum atomic E-state index is 6.10. The topological polar surface area (TPSA) is 37.0 Å². The molecule has 0 atom stereocenters. The van der Waals surface area contributed by atoms with Crippen LogP contribution in [0.5, 0.6) is 0 Å². The first-order valence-corrected chi connectivity index (χ1v) is 7.20. The molecule has 1 heterocycles. The van der Waals surface area contributed by atoms with Crippen molar-refractivity contribution in [2.75, 3.05) is 17.7 Å². The Hall–Kier alpha value is -0.680. The third-order valence-corrected chi connectivity index (χ3v) is 4.16. The van der Waals surface area contributed by atoms with E-state index in [1.54, 1.807) is 19.2 Å². The molecule has 7 heteroatoms. The van der Waals surface area contributed by atoms with Gasteiger partial charge in [-0.2, -0.15) is 0 Å². The zero-order valence-corrected chi connectivity index (χ0v) is 13.6. The normalized spacial score (nSPS) is 10.4. The van der Waals surface area contributed by atoms with Gasteiger partial charge in [-0.05, 0) is 40.2 Å². The van der Waals surface area contributed by atoms with Gasteiger partial charge in [0, 0.05) is 17.2 Å². The third-order valence-electron chi connectivity index (χ3n) is 2.35. The van der Waals surface area contributed by atoms with Crippen molar-refractivity contribution in [1.82, 2.24) is 4.98 Å². The van der Waals surface area contributed by atoms with E-state index < -0.39 is 0 Å². The van der Waals surface area contributed by atoms with E-state index in [-0.39, 0.29) is 0 Å². The highest BCUT2D eigenvalue weighted by molar-refractivity contribution is 9.10. The SMILES string of the molecule is CNc1nc(Nc2ccc(Br)c(Cl)c2)c(Cl)cc1Cl. The van der Waals surface area contributed by atoms with Crippen molar-refractivity contribution in [2.45, 2.75) is 0 Å². The van der Waals surface area contributed by atoms with Crippen LogP contribution in [0, 0.1) is 0 Å². The highest BCUT2D eigenvalue weighted by Crippen LogP contribution is 2.32. The molecule has 0 saturated carbocycles. The van der Waals surface area contributed by atoms with E-state index in [4.69, 9.17) is 34.8 Å². The third kappa shape index (κ3) is 3.45. The number of nitrogens with zero attached hydrogens (tertiary/aromatic N) is 1. The van der Waals surface area contributed by atoms with E-state index in [1.165, 1.54) is 0 Å². The van der Waals surface area contributed by atoms with Crippen LogP contribution in [0.3, 0.4) is 0 Å². The largest absolute Gasteiger partial charge is 0.372 e. The van der Waals surface area contributed by atoms with Crippen molar-refractivity contribution in [3.63, 3.8) is 0 Å². The summed E-state index contributed by atoms with van der Waals surface area (Å²) in [6.07, 6.45) is 0. The van der Waals surface area contributed by atoms with Gasteiger partial charge in [0.15, 0.2) is 5.82 Å². The number of rotatable bonds is 3. The van der Waals surface area contributed by atoms with Crippen LogP contribution in [0.25, 0.3) is 0 Å². The molecule has 19 heavy (non-hydrogen) atoms. The Labute approximate surface area is 134 Å². The number of halogens is 4. The van der Waals surface area contributed by atoms with Crippen LogP contribution < -0.4 is 10.6 Å². The Kier molecular flexibility index (Phi) is 4.79. The van der Waals surface area contributed by atoms with Crippen LogP contribution >= 0.6 is 50.7 Å². The van der Waals surface area contributed by atoms with Gasteiger partial charge in [0.25, 0.3) is 0 Å². The second-order valence-electron chi connectivity index (χ2n) is 3.65. The van der Waals surface area contributed by atoms with E-state index >= 15 is 0 Å². The number of hydrogen-bond acceptors (Lipinski definition) is 3. The zero-order chi connectivity index (χ0) is 14.0. The number of benzene rings is 1. The fraction of sp³-hybridized carbons (Fsp3) is 0.0833. The van der Waals surface area contributed by atoms with Gasteiger partial charge < -0.3 is 10.6 Å². The number of aromatic nitrogens is 1. The minimum atomic E-state index is 0.433. The number of nitrogens with one attached hydrogen (secondary N) is 2. The molecule has 0 amide bonds. The molecule has 2 rings (SSSR count). The van der Waals surface area contributed by atoms with E-state index in [9.17, 15) is 0 Å². The fourth-order valence-corrected chi connectivity index (χ4v) is 2.37. The average molecular weight is 381 g/mol. The molecular weight excluding hydrogens is 372 g/mol. The van der Waals surface area contributed by atoms with Gasteiger partial charge in [-0.3, -0.25) is 0 Å².